The van der Waals surface area contributed by atoms with Gasteiger partial charge in [-0.2, -0.15) is 0 Å². The van der Waals surface area contributed by atoms with Crippen LogP contribution < -0.4 is 15.9 Å². The Hall–Kier alpha value is -3.37. The molecule has 0 amide bonds. The molecular weight excluding hydrogens is 464 g/mol. The third-order valence-electron chi connectivity index (χ3n) is 5.52. The molecule has 0 saturated heterocycles. The molecule has 0 aliphatic heterocycles. The minimum atomic E-state index is -0.174. The summed E-state index contributed by atoms with van der Waals surface area (Å²) in [6, 6.07) is 10.4. The molecule has 0 aliphatic carbocycles. The molecular formula is C22H19ClN6O3S. The first-order chi connectivity index (χ1) is 15.9. The fraction of sp³-hybridized carbons (Fsp3) is 0.227. The first-order valence-electron chi connectivity index (χ1n) is 10.2. The molecule has 0 N–H and O–H groups in total. The molecule has 0 unspecified atom stereocenters. The average Bonchev–Trinajstić information content (AvgIpc) is 3.25. The number of methoxy groups -OCH3 is 1. The van der Waals surface area contributed by atoms with Gasteiger partial charge in [-0.1, -0.05) is 23.4 Å². The predicted octanol–water partition coefficient (Wildman–Crippen LogP) is 3.27. The molecule has 11 heteroatoms. The monoisotopic (exact) mass is 482 g/mol. The molecule has 3 heterocycles. The van der Waals surface area contributed by atoms with Gasteiger partial charge in [0.05, 0.1) is 34.7 Å². The fourth-order valence-electron chi connectivity index (χ4n) is 3.83. The summed E-state index contributed by atoms with van der Waals surface area (Å²) in [7, 11) is 3.22. The number of ether oxygens (including phenoxy) is 1. The lowest BCUT2D eigenvalue weighted by atomic mass is 10.2. The molecule has 0 radical (unpaired) electrons. The second-order valence-corrected chi connectivity index (χ2v) is 8.77. The van der Waals surface area contributed by atoms with Gasteiger partial charge in [0, 0.05) is 18.6 Å². The Morgan fingerprint density at radius 3 is 2.64 bits per heavy atom. The Balaban J connectivity index is 1.62. The van der Waals surface area contributed by atoms with Crippen molar-refractivity contribution in [3.05, 3.63) is 68.0 Å². The maximum atomic E-state index is 13.1. The summed E-state index contributed by atoms with van der Waals surface area (Å²) in [6.07, 6.45) is 0. The number of aryl methyl sites for hydroxylation is 1. The number of fused-ring (bicyclic) bond motifs is 4. The van der Waals surface area contributed by atoms with Crippen molar-refractivity contribution in [1.82, 2.24) is 28.7 Å². The minimum Gasteiger partial charge on any atom is -0.497 e. The Bertz CT molecular complexity index is 1670. The van der Waals surface area contributed by atoms with E-state index in [9.17, 15) is 9.59 Å². The zero-order chi connectivity index (χ0) is 23.3. The molecule has 0 saturated carbocycles. The Kier molecular flexibility index (Phi) is 5.34. The molecule has 5 rings (SSSR count). The van der Waals surface area contributed by atoms with Crippen LogP contribution in [0.25, 0.3) is 27.6 Å². The summed E-state index contributed by atoms with van der Waals surface area (Å²) in [6.45, 7) is 2.37. The normalized spacial score (nSPS) is 11.6. The van der Waals surface area contributed by atoms with E-state index < -0.39 is 0 Å². The van der Waals surface area contributed by atoms with E-state index in [2.05, 4.69) is 10.2 Å². The molecule has 33 heavy (non-hydrogen) atoms. The Labute approximate surface area is 196 Å². The van der Waals surface area contributed by atoms with Crippen LogP contribution in [0.15, 0.2) is 51.1 Å². The first-order valence-corrected chi connectivity index (χ1v) is 11.5. The summed E-state index contributed by atoms with van der Waals surface area (Å²) >= 11 is 7.60. The second-order valence-electron chi connectivity index (χ2n) is 7.39. The van der Waals surface area contributed by atoms with Gasteiger partial charge >= 0.3 is 0 Å². The van der Waals surface area contributed by atoms with E-state index in [4.69, 9.17) is 21.3 Å². The SMILES string of the molecule is CCn1c(SCc2nnc3n(C)c(=O)c4ccc(Cl)cc4n23)nc2ccc(OC)cc2c1=O. The molecule has 0 atom stereocenters. The van der Waals surface area contributed by atoms with Crippen molar-refractivity contribution in [2.45, 2.75) is 24.4 Å². The quantitative estimate of drug-likeness (QED) is 0.280. The molecule has 0 bridgehead atoms. The van der Waals surface area contributed by atoms with Gasteiger partial charge in [0.1, 0.15) is 11.6 Å². The number of benzene rings is 2. The zero-order valence-corrected chi connectivity index (χ0v) is 19.6. The van der Waals surface area contributed by atoms with E-state index in [1.54, 1.807) is 55.1 Å². The van der Waals surface area contributed by atoms with Crippen molar-refractivity contribution in [3.8, 4) is 5.75 Å². The smallest absolute Gasteiger partial charge is 0.262 e. The van der Waals surface area contributed by atoms with Crippen LogP contribution in [0, 0.1) is 0 Å². The molecule has 3 aromatic heterocycles. The van der Waals surface area contributed by atoms with E-state index >= 15 is 0 Å². The Morgan fingerprint density at radius 1 is 1.06 bits per heavy atom. The van der Waals surface area contributed by atoms with Gasteiger partial charge in [-0.3, -0.25) is 23.1 Å². The number of hydrogen-bond donors (Lipinski definition) is 0. The maximum Gasteiger partial charge on any atom is 0.262 e. The number of hydrogen-bond acceptors (Lipinski definition) is 7. The van der Waals surface area contributed by atoms with Crippen LogP contribution in [-0.4, -0.2) is 35.8 Å². The highest BCUT2D eigenvalue weighted by Gasteiger charge is 2.17. The predicted molar refractivity (Wildman–Crippen MR) is 129 cm³/mol. The van der Waals surface area contributed by atoms with Crippen molar-refractivity contribution < 1.29 is 4.74 Å². The topological polar surface area (TPSA) is 96.3 Å². The average molecular weight is 483 g/mol. The van der Waals surface area contributed by atoms with Gasteiger partial charge in [-0.15, -0.1) is 10.2 Å². The largest absolute Gasteiger partial charge is 0.497 e. The number of halogens is 1. The molecule has 168 valence electrons. The summed E-state index contributed by atoms with van der Waals surface area (Å²) in [4.78, 5) is 30.5. The number of aromatic nitrogens is 6. The van der Waals surface area contributed by atoms with Crippen LogP contribution in [0.2, 0.25) is 5.02 Å². The van der Waals surface area contributed by atoms with Gasteiger partial charge in [0.15, 0.2) is 5.16 Å². The molecule has 2 aromatic carbocycles. The highest BCUT2D eigenvalue weighted by molar-refractivity contribution is 7.98. The summed E-state index contributed by atoms with van der Waals surface area (Å²) in [5.41, 5.74) is 0.924. The highest BCUT2D eigenvalue weighted by Crippen LogP contribution is 2.25. The molecule has 5 aromatic rings. The second kappa shape index (κ2) is 8.20. The van der Waals surface area contributed by atoms with Crippen LogP contribution in [-0.2, 0) is 19.3 Å². The van der Waals surface area contributed by atoms with E-state index in [1.807, 2.05) is 11.3 Å². The van der Waals surface area contributed by atoms with Crippen LogP contribution in [0.5, 0.6) is 5.75 Å². The third kappa shape index (κ3) is 3.46. The third-order valence-corrected chi connectivity index (χ3v) is 6.73. The van der Waals surface area contributed by atoms with E-state index in [-0.39, 0.29) is 11.1 Å². The number of thioether (sulfide) groups is 1. The highest BCUT2D eigenvalue weighted by atomic mass is 35.5. The van der Waals surface area contributed by atoms with Crippen LogP contribution >= 0.6 is 23.4 Å². The van der Waals surface area contributed by atoms with E-state index in [0.29, 0.717) is 61.6 Å². The van der Waals surface area contributed by atoms with Gasteiger partial charge in [0.2, 0.25) is 5.78 Å². The van der Waals surface area contributed by atoms with Gasteiger partial charge < -0.3 is 4.74 Å². The molecule has 0 aliphatic rings. The molecule has 0 spiro atoms. The van der Waals surface area contributed by atoms with Crippen LogP contribution in [0.1, 0.15) is 12.7 Å². The standard InChI is InChI=1S/C22H19ClN6O3S/c1-4-28-20(31)15-10-13(32-3)6-8-16(15)24-22(28)33-11-18-25-26-21-27(2)19(30)14-7-5-12(23)9-17(14)29(18)21/h5-10H,4,11H2,1-3H3. The zero-order valence-electron chi connectivity index (χ0n) is 18.1. The fourth-order valence-corrected chi connectivity index (χ4v) is 4.97. The molecule has 0 fully saturated rings. The van der Waals surface area contributed by atoms with Crippen LogP contribution in [0.4, 0.5) is 0 Å². The van der Waals surface area contributed by atoms with Crippen molar-refractivity contribution in [1.29, 1.82) is 0 Å². The van der Waals surface area contributed by atoms with Gasteiger partial charge in [-0.25, -0.2) is 4.98 Å². The summed E-state index contributed by atoms with van der Waals surface area (Å²) in [5, 5.41) is 10.6. The van der Waals surface area contributed by atoms with Gasteiger partial charge in [0.25, 0.3) is 11.1 Å². The van der Waals surface area contributed by atoms with E-state index in [0.717, 1.165) is 0 Å². The summed E-state index contributed by atoms with van der Waals surface area (Å²) in [5.74, 6) is 2.02. The van der Waals surface area contributed by atoms with Crippen molar-refractivity contribution in [2.24, 2.45) is 7.05 Å². The lowest BCUT2D eigenvalue weighted by Gasteiger charge is -2.12. The number of nitrogens with zero attached hydrogens (tertiary/aromatic N) is 6. The Morgan fingerprint density at radius 2 is 1.88 bits per heavy atom. The van der Waals surface area contributed by atoms with Crippen molar-refractivity contribution >= 4 is 50.9 Å². The summed E-state index contributed by atoms with van der Waals surface area (Å²) < 4.78 is 10.1. The number of rotatable bonds is 5. The van der Waals surface area contributed by atoms with Crippen molar-refractivity contribution in [2.75, 3.05) is 7.11 Å². The van der Waals surface area contributed by atoms with Crippen LogP contribution in [0.3, 0.4) is 0 Å². The van der Waals surface area contributed by atoms with E-state index in [1.165, 1.54) is 16.3 Å². The van der Waals surface area contributed by atoms with Crippen molar-refractivity contribution in [3.63, 3.8) is 0 Å². The minimum absolute atomic E-state index is 0.130. The first kappa shape index (κ1) is 21.5. The molecule has 9 nitrogen and oxygen atoms in total. The lowest BCUT2D eigenvalue weighted by molar-refractivity contribution is 0.415. The maximum absolute atomic E-state index is 13.1. The van der Waals surface area contributed by atoms with Gasteiger partial charge in [-0.05, 0) is 43.3 Å². The lowest BCUT2D eigenvalue weighted by Crippen LogP contribution is -2.22.